The van der Waals surface area contributed by atoms with Crippen LogP contribution in [0.1, 0.15) is 51.0 Å². The summed E-state index contributed by atoms with van der Waals surface area (Å²) < 4.78 is 27.0. The molecule has 3 rings (SSSR count). The molecule has 0 aromatic heterocycles. The molecule has 0 unspecified atom stereocenters. The predicted octanol–water partition coefficient (Wildman–Crippen LogP) is 2.65. The third-order valence-corrected chi connectivity index (χ3v) is 7.72. The van der Waals surface area contributed by atoms with Crippen LogP contribution >= 0.6 is 0 Å². The minimum Gasteiger partial charge on any atom is -0.353 e. The second-order valence-corrected chi connectivity index (χ2v) is 9.72. The quantitative estimate of drug-likeness (QED) is 0.857. The van der Waals surface area contributed by atoms with Crippen molar-refractivity contribution < 1.29 is 13.2 Å². The molecule has 1 aliphatic heterocycles. The van der Waals surface area contributed by atoms with Crippen LogP contribution in [0.15, 0.2) is 29.2 Å². The van der Waals surface area contributed by atoms with Gasteiger partial charge in [0.15, 0.2) is 0 Å². The van der Waals surface area contributed by atoms with E-state index in [1.165, 1.54) is 28.6 Å². The zero-order valence-electron chi connectivity index (χ0n) is 15.7. The van der Waals surface area contributed by atoms with E-state index < -0.39 is 10.0 Å². The van der Waals surface area contributed by atoms with Crippen molar-refractivity contribution in [3.8, 4) is 6.07 Å². The van der Waals surface area contributed by atoms with E-state index in [2.05, 4.69) is 12.2 Å². The molecule has 27 heavy (non-hydrogen) atoms. The predicted molar refractivity (Wildman–Crippen MR) is 102 cm³/mol. The van der Waals surface area contributed by atoms with E-state index in [1.807, 2.05) is 6.07 Å². The van der Waals surface area contributed by atoms with Crippen molar-refractivity contribution in [3.05, 3.63) is 29.8 Å². The first kappa shape index (κ1) is 19.8. The Bertz CT molecular complexity index is 798. The summed E-state index contributed by atoms with van der Waals surface area (Å²) in [5.74, 6) is 0.704. The second kappa shape index (κ2) is 8.41. The average molecular weight is 390 g/mol. The molecule has 146 valence electrons. The number of hydrogen-bond acceptors (Lipinski definition) is 4. The van der Waals surface area contributed by atoms with Gasteiger partial charge in [0.05, 0.1) is 16.5 Å². The van der Waals surface area contributed by atoms with Gasteiger partial charge in [-0.15, -0.1) is 0 Å². The van der Waals surface area contributed by atoms with Crippen LogP contribution in [0.2, 0.25) is 0 Å². The number of hydrogen-bond donors (Lipinski definition) is 1. The highest BCUT2D eigenvalue weighted by atomic mass is 32.2. The van der Waals surface area contributed by atoms with Gasteiger partial charge in [0.25, 0.3) is 0 Å². The van der Waals surface area contributed by atoms with E-state index in [4.69, 9.17) is 5.26 Å². The molecule has 1 N–H and O–H groups in total. The number of nitrogens with one attached hydrogen (secondary N) is 1. The van der Waals surface area contributed by atoms with Gasteiger partial charge in [0, 0.05) is 25.0 Å². The molecule has 0 spiro atoms. The Labute approximate surface area is 161 Å². The molecule has 1 saturated heterocycles. The number of benzene rings is 1. The third kappa shape index (κ3) is 4.69. The van der Waals surface area contributed by atoms with Crippen molar-refractivity contribution >= 4 is 15.9 Å². The molecule has 6 nitrogen and oxygen atoms in total. The maximum Gasteiger partial charge on any atom is 0.243 e. The summed E-state index contributed by atoms with van der Waals surface area (Å²) in [6.45, 7) is 2.95. The minimum atomic E-state index is -3.58. The van der Waals surface area contributed by atoms with Crippen LogP contribution in [0.3, 0.4) is 0 Å². The molecule has 1 saturated carbocycles. The molecule has 1 aromatic carbocycles. The number of amides is 1. The van der Waals surface area contributed by atoms with Gasteiger partial charge < -0.3 is 5.32 Å². The lowest BCUT2D eigenvalue weighted by molar-refractivity contribution is -0.127. The fraction of sp³-hybridized carbons (Fsp3) is 0.600. The number of sulfonamides is 1. The van der Waals surface area contributed by atoms with E-state index in [0.29, 0.717) is 31.5 Å². The van der Waals surface area contributed by atoms with Crippen LogP contribution in [-0.2, 0) is 14.8 Å². The first-order valence-corrected chi connectivity index (χ1v) is 11.1. The van der Waals surface area contributed by atoms with Gasteiger partial charge in [0.2, 0.25) is 15.9 Å². The zero-order chi connectivity index (χ0) is 19.4. The molecule has 1 aromatic rings. The summed E-state index contributed by atoms with van der Waals surface area (Å²) in [5, 5.41) is 12.0. The molecule has 0 atom stereocenters. The number of carbonyl (C=O) groups excluding carboxylic acids is 1. The fourth-order valence-corrected chi connectivity index (χ4v) is 5.40. The van der Waals surface area contributed by atoms with Gasteiger partial charge in [-0.05, 0) is 68.7 Å². The van der Waals surface area contributed by atoms with Crippen LogP contribution in [0.4, 0.5) is 0 Å². The van der Waals surface area contributed by atoms with E-state index in [0.717, 1.165) is 31.6 Å². The highest BCUT2D eigenvalue weighted by Crippen LogP contribution is 2.26. The van der Waals surface area contributed by atoms with Gasteiger partial charge in [0.1, 0.15) is 0 Å². The van der Waals surface area contributed by atoms with Crippen LogP contribution in [0.25, 0.3) is 0 Å². The Morgan fingerprint density at radius 3 is 2.22 bits per heavy atom. The Balaban J connectivity index is 1.54. The first-order valence-electron chi connectivity index (χ1n) is 9.71. The smallest absolute Gasteiger partial charge is 0.243 e. The lowest BCUT2D eigenvalue weighted by Gasteiger charge is -2.32. The maximum absolute atomic E-state index is 12.8. The molecule has 1 aliphatic carbocycles. The van der Waals surface area contributed by atoms with Gasteiger partial charge >= 0.3 is 0 Å². The van der Waals surface area contributed by atoms with Crippen LogP contribution in [0.5, 0.6) is 0 Å². The number of rotatable bonds is 4. The molecule has 0 radical (unpaired) electrons. The van der Waals surface area contributed by atoms with Crippen LogP contribution in [-0.4, -0.2) is 37.8 Å². The van der Waals surface area contributed by atoms with E-state index in [1.54, 1.807) is 0 Å². The first-order chi connectivity index (χ1) is 12.9. The van der Waals surface area contributed by atoms with Crippen molar-refractivity contribution in [2.75, 3.05) is 13.1 Å². The fourth-order valence-electron chi connectivity index (χ4n) is 3.93. The molecular weight excluding hydrogens is 362 g/mol. The minimum absolute atomic E-state index is 0.0741. The SMILES string of the molecule is CC1CCC(NC(=O)C2CCN(S(=O)(=O)c3ccc(C#N)cc3)CC2)CC1. The maximum atomic E-state index is 12.8. The molecular formula is C20H27N3O3S. The summed E-state index contributed by atoms with van der Waals surface area (Å²) in [6, 6.07) is 8.22. The topological polar surface area (TPSA) is 90.3 Å². The van der Waals surface area contributed by atoms with Crippen LogP contribution in [0, 0.1) is 23.2 Å². The van der Waals surface area contributed by atoms with Gasteiger partial charge in [-0.25, -0.2) is 8.42 Å². The standard InChI is InChI=1S/C20H27N3O3S/c1-15-2-6-18(7-3-15)22-20(24)17-10-12-23(13-11-17)27(25,26)19-8-4-16(14-21)5-9-19/h4-5,8-9,15,17-18H,2-3,6-7,10-13H2,1H3,(H,22,24). The normalized spacial score (nSPS) is 24.9. The molecule has 0 bridgehead atoms. The number of nitriles is 1. The summed E-state index contributed by atoms with van der Waals surface area (Å²) in [7, 11) is -3.58. The highest BCUT2D eigenvalue weighted by Gasteiger charge is 2.33. The Hall–Kier alpha value is -1.91. The Morgan fingerprint density at radius 2 is 1.67 bits per heavy atom. The average Bonchev–Trinajstić information content (AvgIpc) is 2.70. The molecule has 2 aliphatic rings. The van der Waals surface area contributed by atoms with Crippen molar-refractivity contribution in [1.82, 2.24) is 9.62 Å². The van der Waals surface area contributed by atoms with E-state index in [-0.39, 0.29) is 22.8 Å². The largest absolute Gasteiger partial charge is 0.353 e. The second-order valence-electron chi connectivity index (χ2n) is 7.78. The van der Waals surface area contributed by atoms with Crippen molar-refractivity contribution in [3.63, 3.8) is 0 Å². The number of piperidine rings is 1. The zero-order valence-corrected chi connectivity index (χ0v) is 16.5. The van der Waals surface area contributed by atoms with Crippen molar-refractivity contribution in [2.24, 2.45) is 11.8 Å². The Morgan fingerprint density at radius 1 is 1.07 bits per heavy atom. The lowest BCUT2D eigenvalue weighted by atomic mass is 9.87. The van der Waals surface area contributed by atoms with Gasteiger partial charge in [-0.2, -0.15) is 9.57 Å². The van der Waals surface area contributed by atoms with Crippen molar-refractivity contribution in [1.29, 1.82) is 5.26 Å². The molecule has 2 fully saturated rings. The third-order valence-electron chi connectivity index (χ3n) is 5.81. The lowest BCUT2D eigenvalue weighted by Crippen LogP contribution is -2.46. The summed E-state index contributed by atoms with van der Waals surface area (Å²) in [4.78, 5) is 12.7. The van der Waals surface area contributed by atoms with Crippen LogP contribution < -0.4 is 5.32 Å². The van der Waals surface area contributed by atoms with E-state index >= 15 is 0 Å². The van der Waals surface area contributed by atoms with E-state index in [9.17, 15) is 13.2 Å². The summed E-state index contributed by atoms with van der Waals surface area (Å²) in [5.41, 5.74) is 0.432. The number of nitrogens with zero attached hydrogens (tertiary/aromatic N) is 2. The Kier molecular flexibility index (Phi) is 6.18. The number of carbonyl (C=O) groups is 1. The van der Waals surface area contributed by atoms with Crippen molar-refractivity contribution in [2.45, 2.75) is 56.4 Å². The summed E-state index contributed by atoms with van der Waals surface area (Å²) >= 11 is 0. The molecule has 1 amide bonds. The molecule has 1 heterocycles. The van der Waals surface area contributed by atoms with Gasteiger partial charge in [-0.3, -0.25) is 4.79 Å². The molecule has 7 heteroatoms. The summed E-state index contributed by atoms with van der Waals surface area (Å²) in [6.07, 6.45) is 5.49. The highest BCUT2D eigenvalue weighted by molar-refractivity contribution is 7.89. The monoisotopic (exact) mass is 389 g/mol. The van der Waals surface area contributed by atoms with Gasteiger partial charge in [-0.1, -0.05) is 6.92 Å².